The van der Waals surface area contributed by atoms with Gasteiger partial charge in [-0.05, 0) is 47.6 Å². The summed E-state index contributed by atoms with van der Waals surface area (Å²) in [4.78, 5) is 13.5. The number of nitrogens with one attached hydrogen (secondary N) is 2. The smallest absolute Gasteiger partial charge is 0.235 e. The molecule has 0 spiro atoms. The molecule has 0 aromatic carbocycles. The Balaban J connectivity index is 2.56. The number of piperidine rings is 1. The molecule has 0 radical (unpaired) electrons. The molecule has 1 aliphatic rings. The van der Waals surface area contributed by atoms with Gasteiger partial charge in [0.15, 0.2) is 0 Å². The molecule has 5 heteroatoms. The second kappa shape index (κ2) is 5.55. The molecule has 106 valence electrons. The highest BCUT2D eigenvalue weighted by Crippen LogP contribution is 2.30. The number of hydrogen-bond donors (Lipinski definition) is 3. The van der Waals surface area contributed by atoms with Gasteiger partial charge in [-0.15, -0.1) is 0 Å². The second-order valence-corrected chi connectivity index (χ2v) is 6.75. The standard InChI is InChI=1S/C13H28N4O/c1-12(2)8-10(9-13(3,4)16-12)17(5)7-6-11(18)15-14/h10,16H,6-9,14H2,1-5H3,(H,15,18). The molecule has 1 amide bonds. The zero-order valence-corrected chi connectivity index (χ0v) is 12.3. The Morgan fingerprint density at radius 1 is 1.33 bits per heavy atom. The van der Waals surface area contributed by atoms with E-state index in [1.165, 1.54) is 0 Å². The quantitative estimate of drug-likeness (QED) is 0.391. The number of nitrogens with two attached hydrogens (primary N) is 1. The largest absolute Gasteiger partial charge is 0.307 e. The van der Waals surface area contributed by atoms with Crippen LogP contribution in [0.4, 0.5) is 0 Å². The molecule has 1 aliphatic heterocycles. The third-order valence-corrected chi connectivity index (χ3v) is 3.64. The maximum Gasteiger partial charge on any atom is 0.235 e. The Hall–Kier alpha value is -0.650. The van der Waals surface area contributed by atoms with E-state index in [9.17, 15) is 4.79 Å². The number of rotatable bonds is 4. The fourth-order valence-corrected chi connectivity index (χ4v) is 3.11. The first-order chi connectivity index (χ1) is 8.15. The summed E-state index contributed by atoms with van der Waals surface area (Å²) in [5.74, 6) is 4.99. The summed E-state index contributed by atoms with van der Waals surface area (Å²) in [6, 6.07) is 0.502. The van der Waals surface area contributed by atoms with Crippen molar-refractivity contribution in [1.29, 1.82) is 0 Å². The van der Waals surface area contributed by atoms with Gasteiger partial charge >= 0.3 is 0 Å². The molecule has 0 aliphatic carbocycles. The number of hydrazine groups is 1. The van der Waals surface area contributed by atoms with Crippen molar-refractivity contribution < 1.29 is 4.79 Å². The average molecular weight is 256 g/mol. The van der Waals surface area contributed by atoms with Crippen molar-refractivity contribution in [3.05, 3.63) is 0 Å². The van der Waals surface area contributed by atoms with Crippen molar-refractivity contribution in [2.75, 3.05) is 13.6 Å². The topological polar surface area (TPSA) is 70.4 Å². The predicted molar refractivity (Wildman–Crippen MR) is 73.9 cm³/mol. The van der Waals surface area contributed by atoms with Crippen LogP contribution in [0.3, 0.4) is 0 Å². The average Bonchev–Trinajstić information content (AvgIpc) is 2.20. The van der Waals surface area contributed by atoms with E-state index in [0.717, 1.165) is 19.4 Å². The number of nitrogens with zero attached hydrogens (tertiary/aromatic N) is 1. The molecule has 5 nitrogen and oxygen atoms in total. The van der Waals surface area contributed by atoms with Crippen molar-refractivity contribution in [3.8, 4) is 0 Å². The monoisotopic (exact) mass is 256 g/mol. The second-order valence-electron chi connectivity index (χ2n) is 6.75. The zero-order chi connectivity index (χ0) is 14.0. The van der Waals surface area contributed by atoms with Gasteiger partial charge in [0.25, 0.3) is 0 Å². The van der Waals surface area contributed by atoms with Crippen LogP contribution in [0.1, 0.15) is 47.0 Å². The highest BCUT2D eigenvalue weighted by atomic mass is 16.2. The summed E-state index contributed by atoms with van der Waals surface area (Å²) in [5.41, 5.74) is 2.45. The van der Waals surface area contributed by atoms with Gasteiger partial charge in [-0.25, -0.2) is 5.84 Å². The molecule has 0 aromatic rings. The Kier molecular flexibility index (Phi) is 4.75. The van der Waals surface area contributed by atoms with E-state index in [-0.39, 0.29) is 17.0 Å². The van der Waals surface area contributed by atoms with Crippen LogP contribution < -0.4 is 16.6 Å². The molecule has 1 fully saturated rings. The third kappa shape index (κ3) is 4.55. The summed E-state index contributed by atoms with van der Waals surface area (Å²) < 4.78 is 0. The molecule has 1 saturated heterocycles. The summed E-state index contributed by atoms with van der Waals surface area (Å²) in [5, 5.41) is 3.67. The summed E-state index contributed by atoms with van der Waals surface area (Å²) >= 11 is 0. The van der Waals surface area contributed by atoms with E-state index in [0.29, 0.717) is 12.5 Å². The van der Waals surface area contributed by atoms with Crippen LogP contribution in [-0.2, 0) is 4.79 Å². The van der Waals surface area contributed by atoms with Gasteiger partial charge in [0.2, 0.25) is 5.91 Å². The van der Waals surface area contributed by atoms with Gasteiger partial charge in [-0.2, -0.15) is 0 Å². The van der Waals surface area contributed by atoms with Crippen molar-refractivity contribution in [2.24, 2.45) is 5.84 Å². The van der Waals surface area contributed by atoms with Crippen LogP contribution >= 0.6 is 0 Å². The van der Waals surface area contributed by atoms with E-state index >= 15 is 0 Å². The van der Waals surface area contributed by atoms with Crippen LogP contribution in [0.15, 0.2) is 0 Å². The molecule has 0 atom stereocenters. The fourth-order valence-electron chi connectivity index (χ4n) is 3.11. The molecule has 4 N–H and O–H groups in total. The van der Waals surface area contributed by atoms with Gasteiger partial charge < -0.3 is 10.2 Å². The van der Waals surface area contributed by atoms with Crippen LogP contribution in [0.5, 0.6) is 0 Å². The molecule has 18 heavy (non-hydrogen) atoms. The molecular formula is C13H28N4O. The van der Waals surface area contributed by atoms with E-state index in [1.54, 1.807) is 0 Å². The van der Waals surface area contributed by atoms with E-state index < -0.39 is 0 Å². The lowest BCUT2D eigenvalue weighted by Crippen LogP contribution is -2.61. The first-order valence-corrected chi connectivity index (χ1v) is 6.64. The third-order valence-electron chi connectivity index (χ3n) is 3.64. The first-order valence-electron chi connectivity index (χ1n) is 6.64. The summed E-state index contributed by atoms with van der Waals surface area (Å²) in [6.07, 6.45) is 2.64. The maximum atomic E-state index is 11.2. The highest BCUT2D eigenvalue weighted by Gasteiger charge is 2.38. The zero-order valence-electron chi connectivity index (χ0n) is 12.3. The molecule has 0 bridgehead atoms. The van der Waals surface area contributed by atoms with Gasteiger partial charge in [0, 0.05) is 30.1 Å². The summed E-state index contributed by atoms with van der Waals surface area (Å²) in [6.45, 7) is 9.70. The minimum atomic E-state index is -0.102. The van der Waals surface area contributed by atoms with Crippen LogP contribution in [-0.4, -0.2) is 41.5 Å². The maximum absolute atomic E-state index is 11.2. The van der Waals surface area contributed by atoms with Crippen LogP contribution in [0.25, 0.3) is 0 Å². The first kappa shape index (κ1) is 15.4. The Labute approximate surface area is 110 Å². The lowest BCUT2D eigenvalue weighted by atomic mass is 9.79. The van der Waals surface area contributed by atoms with E-state index in [1.807, 2.05) is 0 Å². The lowest BCUT2D eigenvalue weighted by molar-refractivity contribution is -0.121. The Morgan fingerprint density at radius 2 is 1.83 bits per heavy atom. The van der Waals surface area contributed by atoms with Gasteiger partial charge in [0.05, 0.1) is 0 Å². The van der Waals surface area contributed by atoms with Gasteiger partial charge in [-0.3, -0.25) is 10.2 Å². The molecule has 1 heterocycles. The fraction of sp³-hybridized carbons (Fsp3) is 0.923. The van der Waals surface area contributed by atoms with Crippen LogP contribution in [0.2, 0.25) is 0 Å². The lowest BCUT2D eigenvalue weighted by Gasteiger charge is -2.49. The van der Waals surface area contributed by atoms with Crippen LogP contribution in [0, 0.1) is 0 Å². The number of carbonyl (C=O) groups is 1. The van der Waals surface area contributed by atoms with E-state index in [4.69, 9.17) is 5.84 Å². The molecule has 0 unspecified atom stereocenters. The normalized spacial score (nSPS) is 23.1. The van der Waals surface area contributed by atoms with Gasteiger partial charge in [-0.1, -0.05) is 0 Å². The molecule has 1 rings (SSSR count). The molecule has 0 aromatic heterocycles. The Bertz CT molecular complexity index is 285. The molecule has 0 saturated carbocycles. The Morgan fingerprint density at radius 3 is 2.28 bits per heavy atom. The van der Waals surface area contributed by atoms with E-state index in [2.05, 4.69) is 50.4 Å². The predicted octanol–water partition coefficient (Wildman–Crippen LogP) is 0.607. The SMILES string of the molecule is CN(CCC(=O)NN)C1CC(C)(C)NC(C)(C)C1. The molecular weight excluding hydrogens is 228 g/mol. The van der Waals surface area contributed by atoms with Crippen molar-refractivity contribution in [3.63, 3.8) is 0 Å². The number of hydrogen-bond acceptors (Lipinski definition) is 4. The minimum Gasteiger partial charge on any atom is -0.307 e. The minimum absolute atomic E-state index is 0.102. The van der Waals surface area contributed by atoms with Gasteiger partial charge in [0.1, 0.15) is 0 Å². The highest BCUT2D eigenvalue weighted by molar-refractivity contribution is 5.75. The van der Waals surface area contributed by atoms with Crippen molar-refractivity contribution in [2.45, 2.75) is 64.1 Å². The number of carbonyl (C=O) groups excluding carboxylic acids is 1. The summed E-state index contributed by atoms with van der Waals surface area (Å²) in [7, 11) is 2.09. The van der Waals surface area contributed by atoms with Crippen molar-refractivity contribution in [1.82, 2.24) is 15.6 Å². The number of amides is 1. The van der Waals surface area contributed by atoms with Crippen molar-refractivity contribution >= 4 is 5.91 Å².